The molecule has 0 bridgehead atoms. The molecule has 1 aromatic carbocycles. The molecule has 30 heavy (non-hydrogen) atoms. The Bertz CT molecular complexity index is 964. The van der Waals surface area contributed by atoms with E-state index in [0.717, 1.165) is 18.5 Å². The number of carbonyl (C=O) groups excluding carboxylic acids is 1. The highest BCUT2D eigenvalue weighted by molar-refractivity contribution is 5.79. The van der Waals surface area contributed by atoms with Crippen LogP contribution in [0.3, 0.4) is 0 Å². The van der Waals surface area contributed by atoms with Crippen LogP contribution in [-0.2, 0) is 24.8 Å². The molecule has 2 saturated carbocycles. The SMILES string of the molecule is C[C@H]1C(C(=O)NCc2cccn2C)CC2C3CCc4cc(O)ccc4C3CC[C@@]21C. The van der Waals surface area contributed by atoms with Crippen molar-refractivity contribution in [1.29, 1.82) is 0 Å². The fourth-order valence-corrected chi connectivity index (χ4v) is 7.19. The van der Waals surface area contributed by atoms with Crippen molar-refractivity contribution in [3.05, 3.63) is 53.3 Å². The fourth-order valence-electron chi connectivity index (χ4n) is 7.19. The summed E-state index contributed by atoms with van der Waals surface area (Å²) in [5, 5.41) is 13.1. The van der Waals surface area contributed by atoms with Gasteiger partial charge in [-0.1, -0.05) is 19.9 Å². The normalized spacial score (nSPS) is 34.7. The van der Waals surface area contributed by atoms with E-state index >= 15 is 0 Å². The highest BCUT2D eigenvalue weighted by Gasteiger charge is 2.58. The predicted molar refractivity (Wildman–Crippen MR) is 118 cm³/mol. The van der Waals surface area contributed by atoms with Gasteiger partial charge in [0.05, 0.1) is 6.54 Å². The van der Waals surface area contributed by atoms with Gasteiger partial charge in [-0.15, -0.1) is 0 Å². The summed E-state index contributed by atoms with van der Waals surface area (Å²) in [6, 6.07) is 10.1. The number of nitrogens with zero attached hydrogens (tertiary/aromatic N) is 1. The maximum absolute atomic E-state index is 13.2. The van der Waals surface area contributed by atoms with Gasteiger partial charge in [0.1, 0.15) is 5.75 Å². The zero-order valence-corrected chi connectivity index (χ0v) is 18.4. The Labute approximate surface area is 179 Å². The van der Waals surface area contributed by atoms with Crippen LogP contribution in [0, 0.1) is 29.1 Å². The van der Waals surface area contributed by atoms with E-state index in [4.69, 9.17) is 0 Å². The highest BCUT2D eigenvalue weighted by Crippen LogP contribution is 2.64. The van der Waals surface area contributed by atoms with Gasteiger partial charge >= 0.3 is 0 Å². The van der Waals surface area contributed by atoms with Gasteiger partial charge in [-0.2, -0.15) is 0 Å². The number of phenolic OH excluding ortho intramolecular Hbond substituents is 1. The van der Waals surface area contributed by atoms with Crippen molar-refractivity contribution in [2.24, 2.45) is 36.1 Å². The van der Waals surface area contributed by atoms with Gasteiger partial charge in [-0.3, -0.25) is 4.79 Å². The first-order valence-corrected chi connectivity index (χ1v) is 11.6. The third-order valence-corrected chi connectivity index (χ3v) is 9.13. The number of benzene rings is 1. The number of amides is 1. The van der Waals surface area contributed by atoms with Gasteiger partial charge < -0.3 is 15.0 Å². The quantitative estimate of drug-likeness (QED) is 0.772. The Morgan fingerprint density at radius 3 is 2.90 bits per heavy atom. The molecule has 0 spiro atoms. The first-order chi connectivity index (χ1) is 14.4. The second-order valence-corrected chi connectivity index (χ2v) is 10.3. The largest absolute Gasteiger partial charge is 0.508 e. The number of hydrogen-bond donors (Lipinski definition) is 2. The third-order valence-electron chi connectivity index (χ3n) is 9.13. The molecule has 1 heterocycles. The minimum Gasteiger partial charge on any atom is -0.508 e. The van der Waals surface area contributed by atoms with Crippen LogP contribution in [-0.4, -0.2) is 15.6 Å². The van der Waals surface area contributed by atoms with Crippen molar-refractivity contribution in [3.8, 4) is 5.75 Å². The smallest absolute Gasteiger partial charge is 0.223 e. The van der Waals surface area contributed by atoms with Gasteiger partial charge in [-0.05, 0) is 96.6 Å². The van der Waals surface area contributed by atoms with E-state index in [1.54, 1.807) is 0 Å². The second kappa shape index (κ2) is 7.18. The van der Waals surface area contributed by atoms with Crippen molar-refractivity contribution in [1.82, 2.24) is 9.88 Å². The van der Waals surface area contributed by atoms with Crippen LogP contribution in [0.2, 0.25) is 0 Å². The van der Waals surface area contributed by atoms with Crippen LogP contribution in [0.5, 0.6) is 5.75 Å². The first-order valence-electron chi connectivity index (χ1n) is 11.6. The van der Waals surface area contributed by atoms with Gasteiger partial charge in [0.2, 0.25) is 5.91 Å². The van der Waals surface area contributed by atoms with E-state index in [-0.39, 0.29) is 17.2 Å². The molecule has 160 valence electrons. The summed E-state index contributed by atoms with van der Waals surface area (Å²) in [6.07, 6.45) is 7.68. The molecule has 3 aliphatic rings. The summed E-state index contributed by atoms with van der Waals surface area (Å²) in [5.41, 5.74) is 4.19. The minimum atomic E-state index is 0.111. The number of rotatable bonds is 3. The summed E-state index contributed by atoms with van der Waals surface area (Å²) in [6.45, 7) is 5.38. The van der Waals surface area contributed by atoms with E-state index in [2.05, 4.69) is 35.9 Å². The number of aromatic hydroxyl groups is 1. The number of aryl methyl sites for hydroxylation is 2. The summed E-state index contributed by atoms with van der Waals surface area (Å²) >= 11 is 0. The van der Waals surface area contributed by atoms with Crippen LogP contribution in [0.1, 0.15) is 62.3 Å². The van der Waals surface area contributed by atoms with Gasteiger partial charge in [0.15, 0.2) is 0 Å². The zero-order valence-electron chi connectivity index (χ0n) is 18.4. The van der Waals surface area contributed by atoms with Crippen molar-refractivity contribution in [3.63, 3.8) is 0 Å². The van der Waals surface area contributed by atoms with Crippen molar-refractivity contribution >= 4 is 5.91 Å². The number of nitrogens with one attached hydrogen (secondary N) is 1. The molecule has 2 fully saturated rings. The average molecular weight is 407 g/mol. The zero-order chi connectivity index (χ0) is 21.0. The number of phenols is 1. The lowest BCUT2D eigenvalue weighted by atomic mass is 9.54. The Hall–Kier alpha value is -2.23. The number of carbonyl (C=O) groups is 1. The van der Waals surface area contributed by atoms with Crippen LogP contribution in [0.4, 0.5) is 0 Å². The molecule has 3 aliphatic carbocycles. The van der Waals surface area contributed by atoms with E-state index in [0.29, 0.717) is 36.0 Å². The molecule has 1 amide bonds. The molecule has 4 heteroatoms. The van der Waals surface area contributed by atoms with E-state index in [1.807, 2.05) is 31.4 Å². The number of fused-ring (bicyclic) bond motifs is 5. The number of hydrogen-bond acceptors (Lipinski definition) is 2. The number of aromatic nitrogens is 1. The topological polar surface area (TPSA) is 54.3 Å². The maximum atomic E-state index is 13.2. The molecule has 0 radical (unpaired) electrons. The standard InChI is InChI=1S/C26H34N2O2/c1-16-23(25(30)27-15-18-5-4-12-28(18)3)14-24-22-8-6-17-13-19(29)7-9-20(17)21(22)10-11-26(16,24)2/h4-5,7,9,12-13,16,21-24,29H,6,8,10-11,14-15H2,1-3H3,(H,27,30)/t16-,21?,22?,23?,24?,26+/m0/s1. The Morgan fingerprint density at radius 2 is 2.13 bits per heavy atom. The molecule has 2 N–H and O–H groups in total. The third kappa shape index (κ3) is 2.99. The van der Waals surface area contributed by atoms with Crippen LogP contribution < -0.4 is 5.32 Å². The van der Waals surface area contributed by atoms with E-state index in [1.165, 1.54) is 30.4 Å². The minimum absolute atomic E-state index is 0.111. The highest BCUT2D eigenvalue weighted by atomic mass is 16.3. The van der Waals surface area contributed by atoms with Gasteiger partial charge in [0.25, 0.3) is 0 Å². The second-order valence-electron chi connectivity index (χ2n) is 10.3. The fraction of sp³-hybridized carbons (Fsp3) is 0.577. The molecule has 4 nitrogen and oxygen atoms in total. The average Bonchev–Trinajstić information content (AvgIpc) is 3.26. The van der Waals surface area contributed by atoms with Crippen molar-refractivity contribution in [2.75, 3.05) is 0 Å². The van der Waals surface area contributed by atoms with Gasteiger partial charge in [-0.25, -0.2) is 0 Å². The Morgan fingerprint density at radius 1 is 1.30 bits per heavy atom. The van der Waals surface area contributed by atoms with Crippen LogP contribution in [0.15, 0.2) is 36.5 Å². The summed E-state index contributed by atoms with van der Waals surface area (Å²) in [5.74, 6) is 3.00. The summed E-state index contributed by atoms with van der Waals surface area (Å²) < 4.78 is 2.07. The molecule has 5 rings (SSSR count). The van der Waals surface area contributed by atoms with E-state index < -0.39 is 0 Å². The van der Waals surface area contributed by atoms with Crippen LogP contribution >= 0.6 is 0 Å². The summed E-state index contributed by atoms with van der Waals surface area (Å²) in [7, 11) is 2.02. The monoisotopic (exact) mass is 406 g/mol. The summed E-state index contributed by atoms with van der Waals surface area (Å²) in [4.78, 5) is 13.2. The molecule has 1 aromatic heterocycles. The molecule has 6 atom stereocenters. The molecular formula is C26H34N2O2. The lowest BCUT2D eigenvalue weighted by Crippen LogP contribution is -2.42. The van der Waals surface area contributed by atoms with Gasteiger partial charge in [0, 0.05) is 24.9 Å². The first kappa shape index (κ1) is 19.7. The lowest BCUT2D eigenvalue weighted by Gasteiger charge is -2.50. The maximum Gasteiger partial charge on any atom is 0.223 e. The van der Waals surface area contributed by atoms with Crippen molar-refractivity contribution < 1.29 is 9.90 Å². The molecule has 0 aliphatic heterocycles. The predicted octanol–water partition coefficient (Wildman–Crippen LogP) is 4.77. The Kier molecular flexibility index (Phi) is 4.72. The molecular weight excluding hydrogens is 372 g/mol. The van der Waals surface area contributed by atoms with E-state index in [9.17, 15) is 9.90 Å². The Balaban J connectivity index is 1.35. The molecule has 0 saturated heterocycles. The van der Waals surface area contributed by atoms with Crippen molar-refractivity contribution in [2.45, 2.75) is 58.4 Å². The van der Waals surface area contributed by atoms with Crippen LogP contribution in [0.25, 0.3) is 0 Å². The molecule has 4 unspecified atom stereocenters. The molecule has 2 aromatic rings. The lowest BCUT2D eigenvalue weighted by molar-refractivity contribution is -0.126.